The molecule has 144 valence electrons. The number of rotatable bonds is 8. The molecule has 0 spiro atoms. The van der Waals surface area contributed by atoms with Crippen LogP contribution in [0, 0.1) is 0 Å². The van der Waals surface area contributed by atoms with E-state index in [0.29, 0.717) is 21.2 Å². The van der Waals surface area contributed by atoms with Crippen molar-refractivity contribution in [1.29, 1.82) is 0 Å². The number of ketones is 1. The van der Waals surface area contributed by atoms with Crippen molar-refractivity contribution in [1.82, 2.24) is 4.72 Å². The second-order valence-electron chi connectivity index (χ2n) is 5.50. The van der Waals surface area contributed by atoms with Crippen molar-refractivity contribution in [2.24, 2.45) is 0 Å². The van der Waals surface area contributed by atoms with Gasteiger partial charge >= 0.3 is 5.97 Å². The Hall–Kier alpha value is -1.93. The van der Waals surface area contributed by atoms with Crippen LogP contribution in [0.5, 0.6) is 0 Å². The Morgan fingerprint density at radius 3 is 2.33 bits per heavy atom. The summed E-state index contributed by atoms with van der Waals surface area (Å²) in [6.45, 7) is 1.24. The van der Waals surface area contributed by atoms with Crippen LogP contribution in [0.2, 0.25) is 10.0 Å². The van der Waals surface area contributed by atoms with Crippen LogP contribution in [-0.2, 0) is 24.3 Å². The lowest BCUT2D eigenvalue weighted by atomic mass is 10.1. The number of nitrogens with one attached hydrogen (secondary N) is 1. The van der Waals surface area contributed by atoms with Gasteiger partial charge in [0.2, 0.25) is 10.0 Å². The number of carbonyl (C=O) groups excluding carboxylic acids is 2. The smallest absolute Gasteiger partial charge is 0.313 e. The maximum Gasteiger partial charge on any atom is 0.313 e. The topological polar surface area (TPSA) is 89.5 Å². The van der Waals surface area contributed by atoms with Gasteiger partial charge < -0.3 is 4.74 Å². The molecule has 2 aromatic rings. The predicted octanol–water partition coefficient (Wildman–Crippen LogP) is 3.46. The Morgan fingerprint density at radius 1 is 1.07 bits per heavy atom. The summed E-state index contributed by atoms with van der Waals surface area (Å²) < 4.78 is 32.2. The molecule has 0 saturated heterocycles. The summed E-state index contributed by atoms with van der Waals surface area (Å²) in [4.78, 5) is 23.1. The maximum absolute atomic E-state index is 12.7. The van der Waals surface area contributed by atoms with Crippen LogP contribution in [0.3, 0.4) is 0 Å². The summed E-state index contributed by atoms with van der Waals surface area (Å²) in [6, 6.07) is 11.0. The summed E-state index contributed by atoms with van der Waals surface area (Å²) in [5.41, 5.74) is 0.901. The zero-order valence-corrected chi connectivity index (χ0v) is 16.7. The number of Topliss-reactive ketones (excluding diaryl/α,β-unsaturated/α-hetero) is 1. The van der Waals surface area contributed by atoms with Gasteiger partial charge in [-0.05, 0) is 36.8 Å². The van der Waals surface area contributed by atoms with Gasteiger partial charge in [0.1, 0.15) is 6.42 Å². The number of hydrogen-bond donors (Lipinski definition) is 1. The number of esters is 1. The molecule has 0 saturated carbocycles. The zero-order valence-electron chi connectivity index (χ0n) is 14.4. The molecular formula is C18H17Cl2NO5S. The minimum atomic E-state index is -4.02. The Morgan fingerprint density at radius 2 is 1.70 bits per heavy atom. The molecule has 1 N–H and O–H groups in total. The Balaban J connectivity index is 2.24. The van der Waals surface area contributed by atoms with Crippen LogP contribution in [0.15, 0.2) is 47.4 Å². The molecule has 2 rings (SSSR count). The second kappa shape index (κ2) is 9.32. The average molecular weight is 430 g/mol. The fourth-order valence-electron chi connectivity index (χ4n) is 2.34. The molecular weight excluding hydrogens is 413 g/mol. The molecule has 9 heteroatoms. The van der Waals surface area contributed by atoms with Gasteiger partial charge in [0.15, 0.2) is 5.78 Å². The quantitative estimate of drug-likeness (QED) is 0.512. The number of carbonyl (C=O) groups is 2. The van der Waals surface area contributed by atoms with Crippen molar-refractivity contribution in [2.75, 3.05) is 13.2 Å². The summed E-state index contributed by atoms with van der Waals surface area (Å²) in [6.07, 6.45) is -0.498. The number of halogens is 2. The zero-order chi connectivity index (χ0) is 20.0. The third-order valence-corrected chi connectivity index (χ3v) is 5.35. The fourth-order valence-corrected chi connectivity index (χ4v) is 4.10. The Kier molecular flexibility index (Phi) is 7.38. The molecule has 0 aliphatic heterocycles. The molecule has 6 nitrogen and oxygen atoms in total. The number of benzene rings is 2. The maximum atomic E-state index is 12.7. The highest BCUT2D eigenvalue weighted by atomic mass is 35.5. The predicted molar refractivity (Wildman–Crippen MR) is 103 cm³/mol. The minimum absolute atomic E-state index is 0.0349. The van der Waals surface area contributed by atoms with E-state index in [1.807, 2.05) is 0 Å². The Labute approximate surface area is 167 Å². The van der Waals surface area contributed by atoms with Crippen molar-refractivity contribution in [3.8, 4) is 11.1 Å². The lowest BCUT2D eigenvalue weighted by molar-refractivity contribution is -0.145. The van der Waals surface area contributed by atoms with E-state index in [4.69, 9.17) is 23.2 Å². The van der Waals surface area contributed by atoms with Crippen molar-refractivity contribution in [2.45, 2.75) is 18.2 Å². The van der Waals surface area contributed by atoms with Gasteiger partial charge in [-0.25, -0.2) is 13.1 Å². The monoisotopic (exact) mass is 429 g/mol. The highest BCUT2D eigenvalue weighted by molar-refractivity contribution is 7.89. The molecule has 0 atom stereocenters. The van der Waals surface area contributed by atoms with E-state index >= 15 is 0 Å². The van der Waals surface area contributed by atoms with Crippen LogP contribution in [0.1, 0.15) is 13.3 Å². The first-order chi connectivity index (χ1) is 12.7. The highest BCUT2D eigenvalue weighted by Crippen LogP contribution is 2.31. The Bertz CT molecular complexity index is 940. The SMILES string of the molecule is CCOC(=O)CC(=O)CNS(=O)(=O)c1ccccc1-c1cc(Cl)cc(Cl)c1. The first kappa shape index (κ1) is 21.4. The third kappa shape index (κ3) is 6.04. The molecule has 0 unspecified atom stereocenters. The van der Waals surface area contributed by atoms with Gasteiger partial charge in [0.25, 0.3) is 0 Å². The highest BCUT2D eigenvalue weighted by Gasteiger charge is 2.21. The van der Waals surface area contributed by atoms with Gasteiger partial charge in [-0.3, -0.25) is 9.59 Å². The van der Waals surface area contributed by atoms with Gasteiger partial charge in [-0.1, -0.05) is 41.4 Å². The van der Waals surface area contributed by atoms with E-state index in [2.05, 4.69) is 9.46 Å². The van der Waals surface area contributed by atoms with Gasteiger partial charge in [0.05, 0.1) is 18.0 Å². The summed E-state index contributed by atoms with van der Waals surface area (Å²) >= 11 is 12.0. The minimum Gasteiger partial charge on any atom is -0.466 e. The normalized spacial score (nSPS) is 11.2. The largest absolute Gasteiger partial charge is 0.466 e. The summed E-state index contributed by atoms with van der Waals surface area (Å²) in [5, 5.41) is 0.726. The van der Waals surface area contributed by atoms with E-state index in [-0.39, 0.29) is 11.5 Å². The molecule has 0 heterocycles. The number of hydrogen-bond acceptors (Lipinski definition) is 5. The van der Waals surface area contributed by atoms with Crippen molar-refractivity contribution in [3.05, 3.63) is 52.5 Å². The first-order valence-corrected chi connectivity index (χ1v) is 10.2. The third-order valence-electron chi connectivity index (χ3n) is 3.46. The molecule has 0 aliphatic carbocycles. The first-order valence-electron chi connectivity index (χ1n) is 7.95. The van der Waals surface area contributed by atoms with Crippen LogP contribution in [0.4, 0.5) is 0 Å². The van der Waals surface area contributed by atoms with E-state index in [1.165, 1.54) is 12.1 Å². The van der Waals surface area contributed by atoms with Crippen LogP contribution in [0.25, 0.3) is 11.1 Å². The van der Waals surface area contributed by atoms with Crippen molar-refractivity contribution >= 4 is 45.0 Å². The number of sulfonamides is 1. The van der Waals surface area contributed by atoms with Gasteiger partial charge in [0, 0.05) is 15.6 Å². The average Bonchev–Trinajstić information content (AvgIpc) is 2.59. The second-order valence-corrected chi connectivity index (χ2v) is 8.11. The van der Waals surface area contributed by atoms with E-state index < -0.39 is 34.7 Å². The van der Waals surface area contributed by atoms with Crippen LogP contribution >= 0.6 is 23.2 Å². The van der Waals surface area contributed by atoms with Gasteiger partial charge in [-0.15, -0.1) is 0 Å². The van der Waals surface area contributed by atoms with Gasteiger partial charge in [-0.2, -0.15) is 0 Å². The van der Waals surface area contributed by atoms with E-state index in [9.17, 15) is 18.0 Å². The molecule has 27 heavy (non-hydrogen) atoms. The van der Waals surface area contributed by atoms with Crippen LogP contribution in [-0.4, -0.2) is 33.3 Å². The lowest BCUT2D eigenvalue weighted by Crippen LogP contribution is -2.31. The van der Waals surface area contributed by atoms with E-state index in [0.717, 1.165) is 0 Å². The van der Waals surface area contributed by atoms with Crippen molar-refractivity contribution < 1.29 is 22.7 Å². The fraction of sp³-hybridized carbons (Fsp3) is 0.222. The molecule has 2 aromatic carbocycles. The van der Waals surface area contributed by atoms with Crippen LogP contribution < -0.4 is 4.72 Å². The standard InChI is InChI=1S/C18H17Cl2NO5S/c1-2-26-18(23)10-15(22)11-21-27(24,25)17-6-4-3-5-16(17)12-7-13(19)9-14(20)8-12/h3-9,21H,2,10-11H2,1H3. The molecule has 0 radical (unpaired) electrons. The molecule has 0 fully saturated rings. The molecule has 0 aromatic heterocycles. The number of ether oxygens (including phenoxy) is 1. The lowest BCUT2D eigenvalue weighted by Gasteiger charge is -2.12. The summed E-state index contributed by atoms with van der Waals surface area (Å²) in [7, 11) is -4.02. The molecule has 0 aliphatic rings. The molecule has 0 bridgehead atoms. The van der Waals surface area contributed by atoms with Crippen molar-refractivity contribution in [3.63, 3.8) is 0 Å². The summed E-state index contributed by atoms with van der Waals surface area (Å²) in [5.74, 6) is -1.30. The van der Waals surface area contributed by atoms with E-state index in [1.54, 1.807) is 37.3 Å². The molecule has 0 amide bonds.